The summed E-state index contributed by atoms with van der Waals surface area (Å²) in [7, 11) is -0.552. The normalized spacial score (nSPS) is 12.2. The average molecular weight is 269 g/mol. The fourth-order valence-electron chi connectivity index (χ4n) is 1.56. The highest BCUT2D eigenvalue weighted by Gasteiger charge is 2.21. The minimum atomic E-state index is -3.51. The average Bonchev–Trinajstić information content (AvgIpc) is 2.28. The van der Waals surface area contributed by atoms with Crippen LogP contribution in [-0.2, 0) is 10.0 Å². The first-order chi connectivity index (χ1) is 8.17. The van der Waals surface area contributed by atoms with Crippen LogP contribution in [0.4, 0.5) is 0 Å². The van der Waals surface area contributed by atoms with Crippen LogP contribution in [0.1, 0.15) is 29.8 Å². The Morgan fingerprint density at radius 1 is 1.22 bits per heavy atom. The predicted octanol–water partition coefficient (Wildman–Crippen LogP) is 2.08. The maximum atomic E-state index is 12.1. The molecular weight excluding hydrogens is 250 g/mol. The van der Waals surface area contributed by atoms with Crippen molar-refractivity contribution in [3.05, 3.63) is 29.3 Å². The molecular formula is C13H19NO3S. The van der Waals surface area contributed by atoms with Crippen LogP contribution in [0.3, 0.4) is 0 Å². The van der Waals surface area contributed by atoms with Gasteiger partial charge in [-0.05, 0) is 18.6 Å². The summed E-state index contributed by atoms with van der Waals surface area (Å²) in [6.45, 7) is 5.31. The Kier molecular flexibility index (Phi) is 4.29. The fourth-order valence-corrected chi connectivity index (χ4v) is 2.71. The molecule has 0 heterocycles. The minimum absolute atomic E-state index is 0.0507. The van der Waals surface area contributed by atoms with Crippen LogP contribution >= 0.6 is 0 Å². The third-order valence-corrected chi connectivity index (χ3v) is 4.71. The third-order valence-electron chi connectivity index (χ3n) is 2.76. The van der Waals surface area contributed by atoms with E-state index in [9.17, 15) is 13.2 Å². The largest absolute Gasteiger partial charge is 0.294 e. The Bertz CT molecular complexity index is 560. The number of rotatable bonds is 4. The lowest BCUT2D eigenvalue weighted by atomic mass is 10.0. The Morgan fingerprint density at radius 2 is 1.78 bits per heavy atom. The number of benzene rings is 1. The highest BCUT2D eigenvalue weighted by Crippen LogP contribution is 2.21. The summed E-state index contributed by atoms with van der Waals surface area (Å²) in [4.78, 5) is 12.1. The second kappa shape index (κ2) is 5.20. The van der Waals surface area contributed by atoms with E-state index in [0.717, 1.165) is 4.31 Å². The molecule has 0 fully saturated rings. The summed E-state index contributed by atoms with van der Waals surface area (Å²) in [5.74, 6) is -0.201. The number of carbonyl (C=O) groups is 1. The van der Waals surface area contributed by atoms with E-state index in [4.69, 9.17) is 0 Å². The van der Waals surface area contributed by atoms with Gasteiger partial charge >= 0.3 is 0 Å². The van der Waals surface area contributed by atoms with Crippen LogP contribution in [0.5, 0.6) is 0 Å². The molecule has 0 bridgehead atoms. The van der Waals surface area contributed by atoms with Gasteiger partial charge in [0.25, 0.3) is 0 Å². The molecule has 0 atom stereocenters. The van der Waals surface area contributed by atoms with Crippen molar-refractivity contribution >= 4 is 15.8 Å². The van der Waals surface area contributed by atoms with Gasteiger partial charge in [0, 0.05) is 25.6 Å². The molecule has 0 saturated carbocycles. The monoisotopic (exact) mass is 269 g/mol. The highest BCUT2D eigenvalue weighted by atomic mass is 32.2. The van der Waals surface area contributed by atoms with Crippen LogP contribution < -0.4 is 0 Å². The van der Waals surface area contributed by atoms with Crippen molar-refractivity contribution in [2.45, 2.75) is 25.7 Å². The Labute approximate surface area is 109 Å². The molecule has 0 radical (unpaired) electrons. The molecule has 0 amide bonds. The van der Waals surface area contributed by atoms with Gasteiger partial charge in [-0.15, -0.1) is 0 Å². The fraction of sp³-hybridized carbons (Fsp3) is 0.462. The molecule has 1 aromatic rings. The third kappa shape index (κ3) is 2.79. The number of hydrogen-bond acceptors (Lipinski definition) is 3. The summed E-state index contributed by atoms with van der Waals surface area (Å²) in [6, 6.07) is 4.81. The lowest BCUT2D eigenvalue weighted by Crippen LogP contribution is -2.23. The molecule has 0 aliphatic carbocycles. The van der Waals surface area contributed by atoms with Crippen molar-refractivity contribution in [1.29, 1.82) is 0 Å². The second-order valence-electron chi connectivity index (χ2n) is 4.79. The van der Waals surface area contributed by atoms with Gasteiger partial charge in [-0.25, -0.2) is 12.7 Å². The Balaban J connectivity index is 3.39. The van der Waals surface area contributed by atoms with Crippen molar-refractivity contribution in [3.63, 3.8) is 0 Å². The maximum Gasteiger partial charge on any atom is 0.242 e. The number of hydrogen-bond donors (Lipinski definition) is 0. The summed E-state index contributed by atoms with van der Waals surface area (Å²) in [5.41, 5.74) is 1.08. The van der Waals surface area contributed by atoms with Crippen molar-refractivity contribution < 1.29 is 13.2 Å². The molecule has 1 aromatic carbocycles. The molecule has 0 saturated heterocycles. The first kappa shape index (κ1) is 14.9. The van der Waals surface area contributed by atoms with E-state index < -0.39 is 10.0 Å². The molecule has 100 valence electrons. The molecule has 0 aliphatic heterocycles. The lowest BCUT2D eigenvalue weighted by Gasteiger charge is -2.15. The SMILES string of the molecule is Cc1ccc(C(=O)C(C)C)cc1S(=O)(=O)N(C)C. The molecule has 0 unspecified atom stereocenters. The lowest BCUT2D eigenvalue weighted by molar-refractivity contribution is 0.0939. The Hall–Kier alpha value is -1.20. The first-order valence-corrected chi connectivity index (χ1v) is 7.19. The van der Waals surface area contributed by atoms with E-state index in [2.05, 4.69) is 0 Å². The summed E-state index contributed by atoms with van der Waals surface area (Å²) in [5, 5.41) is 0. The summed E-state index contributed by atoms with van der Waals surface area (Å²) in [6.07, 6.45) is 0. The van der Waals surface area contributed by atoms with Crippen molar-refractivity contribution in [3.8, 4) is 0 Å². The zero-order valence-electron chi connectivity index (χ0n) is 11.4. The van der Waals surface area contributed by atoms with Gasteiger partial charge in [0.05, 0.1) is 4.90 Å². The van der Waals surface area contributed by atoms with Crippen LogP contribution in [0, 0.1) is 12.8 Å². The van der Waals surface area contributed by atoms with E-state index in [1.165, 1.54) is 20.2 Å². The van der Waals surface area contributed by atoms with Gasteiger partial charge in [-0.2, -0.15) is 0 Å². The molecule has 18 heavy (non-hydrogen) atoms. The molecule has 0 aliphatic rings. The van der Waals surface area contributed by atoms with E-state index in [0.29, 0.717) is 11.1 Å². The second-order valence-corrected chi connectivity index (χ2v) is 6.91. The topological polar surface area (TPSA) is 54.5 Å². The van der Waals surface area contributed by atoms with Gasteiger partial charge in [0.1, 0.15) is 0 Å². The smallest absolute Gasteiger partial charge is 0.242 e. The summed E-state index contributed by atoms with van der Waals surface area (Å²) >= 11 is 0. The van der Waals surface area contributed by atoms with E-state index in [1.807, 2.05) is 0 Å². The van der Waals surface area contributed by atoms with Gasteiger partial charge in [-0.1, -0.05) is 26.0 Å². The summed E-state index contributed by atoms with van der Waals surface area (Å²) < 4.78 is 25.4. The van der Waals surface area contributed by atoms with Gasteiger partial charge in [0.2, 0.25) is 10.0 Å². The van der Waals surface area contributed by atoms with Crippen LogP contribution in [0.2, 0.25) is 0 Å². The molecule has 0 aromatic heterocycles. The minimum Gasteiger partial charge on any atom is -0.294 e. The van der Waals surface area contributed by atoms with Crippen LogP contribution in [0.25, 0.3) is 0 Å². The van der Waals surface area contributed by atoms with Crippen molar-refractivity contribution in [2.24, 2.45) is 5.92 Å². The van der Waals surface area contributed by atoms with Crippen LogP contribution in [-0.4, -0.2) is 32.6 Å². The van der Waals surface area contributed by atoms with Gasteiger partial charge in [-0.3, -0.25) is 4.79 Å². The van der Waals surface area contributed by atoms with Crippen molar-refractivity contribution in [2.75, 3.05) is 14.1 Å². The number of nitrogens with zero attached hydrogens (tertiary/aromatic N) is 1. The Morgan fingerprint density at radius 3 is 2.22 bits per heavy atom. The molecule has 1 rings (SSSR count). The number of sulfonamides is 1. The first-order valence-electron chi connectivity index (χ1n) is 5.75. The maximum absolute atomic E-state index is 12.1. The zero-order chi connectivity index (χ0) is 14.1. The molecule has 0 spiro atoms. The highest BCUT2D eigenvalue weighted by molar-refractivity contribution is 7.89. The van der Waals surface area contributed by atoms with Crippen LogP contribution in [0.15, 0.2) is 23.1 Å². The number of ketones is 1. The molecule has 0 N–H and O–H groups in total. The van der Waals surface area contributed by atoms with Crippen molar-refractivity contribution in [1.82, 2.24) is 4.31 Å². The van der Waals surface area contributed by atoms with Gasteiger partial charge < -0.3 is 0 Å². The standard InChI is InChI=1S/C13H19NO3S/c1-9(2)13(15)11-7-6-10(3)12(8-11)18(16,17)14(4)5/h6-9H,1-5H3. The van der Waals surface area contributed by atoms with E-state index in [1.54, 1.807) is 32.9 Å². The number of aryl methyl sites for hydroxylation is 1. The number of Topliss-reactive ketones (excluding diaryl/α,β-unsaturated/α-hetero) is 1. The quantitative estimate of drug-likeness (QED) is 0.786. The predicted molar refractivity (Wildman–Crippen MR) is 71.2 cm³/mol. The van der Waals surface area contributed by atoms with Gasteiger partial charge in [0.15, 0.2) is 5.78 Å². The molecule has 4 nitrogen and oxygen atoms in total. The molecule has 5 heteroatoms. The zero-order valence-corrected chi connectivity index (χ0v) is 12.2. The van der Waals surface area contributed by atoms with E-state index in [-0.39, 0.29) is 16.6 Å². The number of carbonyl (C=O) groups excluding carboxylic acids is 1. The van der Waals surface area contributed by atoms with E-state index >= 15 is 0 Å².